The Balaban J connectivity index is 1.72. The molecule has 130 valence electrons. The van der Waals surface area contributed by atoms with Gasteiger partial charge in [-0.2, -0.15) is 0 Å². The fraction of sp³-hybridized carbons (Fsp3) is 0.263. The number of rotatable bonds is 6. The van der Waals surface area contributed by atoms with E-state index in [0.29, 0.717) is 22.8 Å². The third kappa shape index (κ3) is 3.57. The maximum absolute atomic E-state index is 12.4. The third-order valence-corrected chi connectivity index (χ3v) is 4.06. The first kappa shape index (κ1) is 16.8. The summed E-state index contributed by atoms with van der Waals surface area (Å²) in [6, 6.07) is 12.8. The zero-order chi connectivity index (χ0) is 17.8. The minimum absolute atomic E-state index is 0.135. The second-order valence-corrected chi connectivity index (χ2v) is 5.70. The number of methoxy groups -OCH3 is 2. The predicted molar refractivity (Wildman–Crippen MR) is 93.8 cm³/mol. The van der Waals surface area contributed by atoms with Crippen molar-refractivity contribution in [3.63, 3.8) is 0 Å². The summed E-state index contributed by atoms with van der Waals surface area (Å²) >= 11 is 0. The van der Waals surface area contributed by atoms with Gasteiger partial charge in [-0.3, -0.25) is 4.79 Å². The molecule has 1 heterocycles. The normalized spacial score (nSPS) is 12.0. The van der Waals surface area contributed by atoms with Gasteiger partial charge in [-0.25, -0.2) is 0 Å². The highest BCUT2D eigenvalue weighted by atomic mass is 16.5. The molecule has 0 saturated carbocycles. The molecule has 3 rings (SSSR count). The van der Waals surface area contributed by atoms with Crippen LogP contribution in [0.25, 0.3) is 11.0 Å². The van der Waals surface area contributed by atoms with Gasteiger partial charge in [0.1, 0.15) is 17.2 Å². The van der Waals surface area contributed by atoms with E-state index >= 15 is 0 Å². The van der Waals surface area contributed by atoms with E-state index in [4.69, 9.17) is 14.0 Å². The Morgan fingerprint density at radius 3 is 2.76 bits per heavy atom. The highest BCUT2D eigenvalue weighted by molar-refractivity contribution is 5.86. The molecule has 1 aromatic heterocycles. The van der Waals surface area contributed by atoms with Crippen LogP contribution in [0.15, 0.2) is 47.0 Å². The van der Waals surface area contributed by atoms with Gasteiger partial charge in [0.2, 0.25) is 5.91 Å². The van der Waals surface area contributed by atoms with Gasteiger partial charge in [-0.05, 0) is 31.2 Å². The summed E-state index contributed by atoms with van der Waals surface area (Å²) in [7, 11) is 3.19. The molecule has 3 aromatic rings. The summed E-state index contributed by atoms with van der Waals surface area (Å²) in [6.07, 6.45) is 0.153. The molecule has 0 spiro atoms. The molecule has 0 bridgehead atoms. The number of carbonyl (C=O) groups is 1. The number of carbonyl (C=O) groups excluding carboxylic acids is 1. The van der Waals surface area contributed by atoms with Crippen molar-refractivity contribution in [3.8, 4) is 11.5 Å². The molecule has 1 N–H and O–H groups in total. The van der Waals surface area contributed by atoms with Gasteiger partial charge >= 0.3 is 0 Å². The Labute approximate surface area is 145 Å². The average Bonchev–Trinajstić information content (AvgIpc) is 3.04. The van der Waals surface area contributed by atoms with Crippen molar-refractivity contribution in [2.75, 3.05) is 14.2 Å². The van der Waals surface area contributed by atoms with Crippen molar-refractivity contribution < 1.29 is 18.8 Å². The van der Waals surface area contributed by atoms with Gasteiger partial charge in [-0.1, -0.05) is 17.3 Å². The summed E-state index contributed by atoms with van der Waals surface area (Å²) in [6.45, 7) is 1.91. The number of amides is 1. The van der Waals surface area contributed by atoms with Gasteiger partial charge < -0.3 is 19.3 Å². The Hall–Kier alpha value is -3.02. The lowest BCUT2D eigenvalue weighted by molar-refractivity contribution is -0.121. The zero-order valence-corrected chi connectivity index (χ0v) is 14.4. The first-order valence-electron chi connectivity index (χ1n) is 7.97. The van der Waals surface area contributed by atoms with Crippen molar-refractivity contribution in [2.45, 2.75) is 19.4 Å². The van der Waals surface area contributed by atoms with Crippen LogP contribution in [-0.4, -0.2) is 25.3 Å². The van der Waals surface area contributed by atoms with E-state index in [9.17, 15) is 4.79 Å². The zero-order valence-electron chi connectivity index (χ0n) is 14.4. The Kier molecular flexibility index (Phi) is 4.88. The lowest BCUT2D eigenvalue weighted by Gasteiger charge is -2.18. The Morgan fingerprint density at radius 2 is 2.00 bits per heavy atom. The molecule has 1 atom stereocenters. The molecular formula is C19H20N2O4. The fourth-order valence-electron chi connectivity index (χ4n) is 2.76. The van der Waals surface area contributed by atoms with Crippen LogP contribution in [0, 0.1) is 0 Å². The number of para-hydroxylation sites is 1. The van der Waals surface area contributed by atoms with Gasteiger partial charge in [0.15, 0.2) is 5.58 Å². The number of hydrogen-bond donors (Lipinski definition) is 1. The minimum Gasteiger partial charge on any atom is -0.497 e. The molecule has 6 nitrogen and oxygen atoms in total. The van der Waals surface area contributed by atoms with Crippen molar-refractivity contribution in [3.05, 3.63) is 53.7 Å². The minimum atomic E-state index is -0.216. The molecule has 6 heteroatoms. The quantitative estimate of drug-likeness (QED) is 0.745. The van der Waals surface area contributed by atoms with Crippen molar-refractivity contribution >= 4 is 16.9 Å². The number of ether oxygens (including phenoxy) is 2. The summed E-state index contributed by atoms with van der Waals surface area (Å²) in [4.78, 5) is 12.4. The second-order valence-electron chi connectivity index (χ2n) is 5.70. The molecule has 0 aliphatic rings. The van der Waals surface area contributed by atoms with Gasteiger partial charge in [0.25, 0.3) is 0 Å². The van der Waals surface area contributed by atoms with Crippen LogP contribution < -0.4 is 14.8 Å². The summed E-state index contributed by atoms with van der Waals surface area (Å²) < 4.78 is 15.8. The van der Waals surface area contributed by atoms with Crippen molar-refractivity contribution in [1.82, 2.24) is 10.5 Å². The smallest absolute Gasteiger partial charge is 0.226 e. The van der Waals surface area contributed by atoms with Crippen molar-refractivity contribution in [1.29, 1.82) is 0 Å². The van der Waals surface area contributed by atoms with Crippen LogP contribution in [0.5, 0.6) is 11.5 Å². The van der Waals surface area contributed by atoms with Crippen LogP contribution >= 0.6 is 0 Å². The summed E-state index contributed by atoms with van der Waals surface area (Å²) in [5.41, 5.74) is 2.18. The van der Waals surface area contributed by atoms with Gasteiger partial charge in [-0.15, -0.1) is 0 Å². The van der Waals surface area contributed by atoms with Crippen LogP contribution in [0.2, 0.25) is 0 Å². The first-order chi connectivity index (χ1) is 12.1. The number of aromatic nitrogens is 1. The Bertz CT molecular complexity index is 888. The van der Waals surface area contributed by atoms with Crippen LogP contribution in [0.3, 0.4) is 0 Å². The maximum atomic E-state index is 12.4. The van der Waals surface area contributed by atoms with Gasteiger partial charge in [0, 0.05) is 17.0 Å². The molecule has 2 aromatic carbocycles. The number of benzene rings is 2. The van der Waals surface area contributed by atoms with Crippen LogP contribution in [0.4, 0.5) is 0 Å². The van der Waals surface area contributed by atoms with Crippen molar-refractivity contribution in [2.24, 2.45) is 0 Å². The van der Waals surface area contributed by atoms with E-state index in [-0.39, 0.29) is 18.4 Å². The van der Waals surface area contributed by atoms with E-state index in [2.05, 4.69) is 10.5 Å². The number of nitrogens with one attached hydrogen (secondary N) is 1. The lowest BCUT2D eigenvalue weighted by Crippen LogP contribution is -2.28. The second kappa shape index (κ2) is 7.25. The van der Waals surface area contributed by atoms with E-state index in [1.807, 2.05) is 43.3 Å². The molecule has 25 heavy (non-hydrogen) atoms. The number of nitrogens with zero attached hydrogens (tertiary/aromatic N) is 1. The van der Waals surface area contributed by atoms with E-state index in [1.165, 1.54) is 0 Å². The topological polar surface area (TPSA) is 73.6 Å². The number of fused-ring (bicyclic) bond motifs is 1. The molecule has 0 radical (unpaired) electrons. The standard InChI is InChI=1S/C19H20N2O4/c1-12(14-9-8-13(23-2)10-18(14)24-3)20-19(22)11-16-15-6-4-5-7-17(15)25-21-16/h4-10,12H,11H2,1-3H3,(H,20,22). The molecule has 0 fully saturated rings. The van der Waals surface area contributed by atoms with E-state index < -0.39 is 0 Å². The molecule has 0 saturated heterocycles. The van der Waals surface area contributed by atoms with Crippen LogP contribution in [-0.2, 0) is 11.2 Å². The fourth-order valence-corrected chi connectivity index (χ4v) is 2.76. The SMILES string of the molecule is COc1ccc(C(C)NC(=O)Cc2noc3ccccc23)c(OC)c1. The lowest BCUT2D eigenvalue weighted by atomic mass is 10.1. The third-order valence-electron chi connectivity index (χ3n) is 4.06. The molecule has 1 unspecified atom stereocenters. The molecule has 0 aliphatic carbocycles. The molecule has 0 aliphatic heterocycles. The maximum Gasteiger partial charge on any atom is 0.226 e. The number of hydrogen-bond acceptors (Lipinski definition) is 5. The monoisotopic (exact) mass is 340 g/mol. The van der Waals surface area contributed by atoms with E-state index in [1.54, 1.807) is 20.3 Å². The largest absolute Gasteiger partial charge is 0.497 e. The average molecular weight is 340 g/mol. The Morgan fingerprint density at radius 1 is 1.20 bits per heavy atom. The summed E-state index contributed by atoms with van der Waals surface area (Å²) in [5, 5.41) is 7.82. The highest BCUT2D eigenvalue weighted by Gasteiger charge is 2.17. The first-order valence-corrected chi connectivity index (χ1v) is 7.97. The summed E-state index contributed by atoms with van der Waals surface area (Å²) in [5.74, 6) is 1.23. The van der Waals surface area contributed by atoms with E-state index in [0.717, 1.165) is 10.9 Å². The van der Waals surface area contributed by atoms with Crippen LogP contribution in [0.1, 0.15) is 24.2 Å². The molecule has 1 amide bonds. The molecular weight excluding hydrogens is 320 g/mol. The predicted octanol–water partition coefficient (Wildman–Crippen LogP) is 3.26. The highest BCUT2D eigenvalue weighted by Crippen LogP contribution is 2.29. The van der Waals surface area contributed by atoms with Gasteiger partial charge in [0.05, 0.1) is 26.7 Å².